The SMILES string of the molecule is CCOc1ncccc1C(=O)Cc1cc(Br)ncn1. The lowest BCUT2D eigenvalue weighted by atomic mass is 10.1. The lowest BCUT2D eigenvalue weighted by Crippen LogP contribution is -2.09. The lowest BCUT2D eigenvalue weighted by molar-refractivity contribution is 0.0987. The van der Waals surface area contributed by atoms with Crippen molar-refractivity contribution in [3.8, 4) is 5.88 Å². The van der Waals surface area contributed by atoms with Crippen LogP contribution >= 0.6 is 15.9 Å². The summed E-state index contributed by atoms with van der Waals surface area (Å²) in [5.74, 6) is 0.283. The molecule has 0 aliphatic rings. The molecule has 2 aromatic heterocycles. The number of Topliss-reactive ketones (excluding diaryl/α,β-unsaturated/α-hetero) is 1. The van der Waals surface area contributed by atoms with Gasteiger partial charge < -0.3 is 4.74 Å². The highest BCUT2D eigenvalue weighted by Crippen LogP contribution is 2.17. The second-order valence-electron chi connectivity index (χ2n) is 3.72. The summed E-state index contributed by atoms with van der Waals surface area (Å²) in [7, 11) is 0. The van der Waals surface area contributed by atoms with Gasteiger partial charge in [0.15, 0.2) is 5.78 Å². The van der Waals surface area contributed by atoms with Crippen LogP contribution in [-0.2, 0) is 6.42 Å². The summed E-state index contributed by atoms with van der Waals surface area (Å²) in [6, 6.07) is 5.14. The molecule has 98 valence electrons. The van der Waals surface area contributed by atoms with Crippen molar-refractivity contribution in [2.24, 2.45) is 0 Å². The molecule has 19 heavy (non-hydrogen) atoms. The predicted octanol–water partition coefficient (Wildman–Crippen LogP) is 2.46. The van der Waals surface area contributed by atoms with Crippen molar-refractivity contribution in [2.45, 2.75) is 13.3 Å². The van der Waals surface area contributed by atoms with E-state index in [0.29, 0.717) is 28.3 Å². The Balaban J connectivity index is 2.20. The molecule has 0 fully saturated rings. The molecule has 0 spiro atoms. The first kappa shape index (κ1) is 13.6. The third-order valence-corrected chi connectivity index (χ3v) is 2.82. The zero-order chi connectivity index (χ0) is 13.7. The smallest absolute Gasteiger partial charge is 0.224 e. The molecular formula is C13H12BrN3O2. The molecule has 0 saturated carbocycles. The van der Waals surface area contributed by atoms with E-state index in [1.54, 1.807) is 24.4 Å². The van der Waals surface area contributed by atoms with E-state index in [2.05, 4.69) is 30.9 Å². The van der Waals surface area contributed by atoms with Gasteiger partial charge in [-0.25, -0.2) is 15.0 Å². The lowest BCUT2D eigenvalue weighted by Gasteiger charge is -2.07. The van der Waals surface area contributed by atoms with E-state index in [4.69, 9.17) is 4.74 Å². The fraction of sp³-hybridized carbons (Fsp3) is 0.231. The van der Waals surface area contributed by atoms with Gasteiger partial charge in [0.25, 0.3) is 0 Å². The summed E-state index contributed by atoms with van der Waals surface area (Å²) in [6.07, 6.45) is 3.20. The Labute approximate surface area is 119 Å². The quantitative estimate of drug-likeness (QED) is 0.625. The van der Waals surface area contributed by atoms with E-state index < -0.39 is 0 Å². The Bertz CT molecular complexity index is 590. The van der Waals surface area contributed by atoms with E-state index >= 15 is 0 Å². The molecule has 0 aromatic carbocycles. The van der Waals surface area contributed by atoms with Crippen molar-refractivity contribution in [2.75, 3.05) is 6.61 Å². The standard InChI is InChI=1S/C13H12BrN3O2/c1-2-19-13-10(4-3-5-15-13)11(18)6-9-7-12(14)17-8-16-9/h3-5,7-8H,2,6H2,1H3. The maximum absolute atomic E-state index is 12.2. The largest absolute Gasteiger partial charge is 0.477 e. The first-order valence-electron chi connectivity index (χ1n) is 5.78. The molecular weight excluding hydrogens is 310 g/mol. The van der Waals surface area contributed by atoms with Gasteiger partial charge in [-0.3, -0.25) is 4.79 Å². The summed E-state index contributed by atoms with van der Waals surface area (Å²) in [5, 5.41) is 0. The van der Waals surface area contributed by atoms with Gasteiger partial charge in [0, 0.05) is 6.20 Å². The Morgan fingerprint density at radius 2 is 2.21 bits per heavy atom. The number of rotatable bonds is 5. The number of carbonyl (C=O) groups excluding carboxylic acids is 1. The highest BCUT2D eigenvalue weighted by molar-refractivity contribution is 9.10. The van der Waals surface area contributed by atoms with Gasteiger partial charge in [-0.2, -0.15) is 0 Å². The molecule has 0 saturated heterocycles. The molecule has 2 rings (SSSR count). The number of ketones is 1. The van der Waals surface area contributed by atoms with E-state index in [0.717, 1.165) is 0 Å². The third-order valence-electron chi connectivity index (χ3n) is 2.38. The van der Waals surface area contributed by atoms with E-state index in [9.17, 15) is 4.79 Å². The maximum Gasteiger partial charge on any atom is 0.224 e. The van der Waals surface area contributed by atoms with Crippen LogP contribution in [0.4, 0.5) is 0 Å². The second kappa shape index (κ2) is 6.38. The van der Waals surface area contributed by atoms with Gasteiger partial charge in [-0.15, -0.1) is 0 Å². The van der Waals surface area contributed by atoms with Gasteiger partial charge in [-0.1, -0.05) is 0 Å². The highest BCUT2D eigenvalue weighted by Gasteiger charge is 2.14. The van der Waals surface area contributed by atoms with Gasteiger partial charge in [-0.05, 0) is 41.1 Å². The molecule has 2 aromatic rings. The molecule has 0 aliphatic carbocycles. The number of nitrogens with zero attached hydrogens (tertiary/aromatic N) is 3. The summed E-state index contributed by atoms with van der Waals surface area (Å²) in [4.78, 5) is 24.3. The normalized spacial score (nSPS) is 10.2. The van der Waals surface area contributed by atoms with Gasteiger partial charge >= 0.3 is 0 Å². The summed E-state index contributed by atoms with van der Waals surface area (Å²) in [5.41, 5.74) is 1.12. The molecule has 2 heterocycles. The molecule has 0 aliphatic heterocycles. The van der Waals surface area contributed by atoms with Crippen LogP contribution in [0.15, 0.2) is 35.3 Å². The van der Waals surface area contributed by atoms with Crippen LogP contribution in [-0.4, -0.2) is 27.3 Å². The number of hydrogen-bond acceptors (Lipinski definition) is 5. The van der Waals surface area contributed by atoms with Crippen molar-refractivity contribution in [3.63, 3.8) is 0 Å². The van der Waals surface area contributed by atoms with Crippen LogP contribution in [0.25, 0.3) is 0 Å². The van der Waals surface area contributed by atoms with Gasteiger partial charge in [0.1, 0.15) is 10.9 Å². The molecule has 0 N–H and O–H groups in total. The minimum Gasteiger partial charge on any atom is -0.477 e. The molecule has 0 atom stereocenters. The maximum atomic E-state index is 12.2. The molecule has 6 heteroatoms. The van der Waals surface area contributed by atoms with E-state index in [1.165, 1.54) is 6.33 Å². The zero-order valence-electron chi connectivity index (χ0n) is 10.3. The Hall–Kier alpha value is -1.82. The van der Waals surface area contributed by atoms with Crippen molar-refractivity contribution in [1.82, 2.24) is 15.0 Å². The van der Waals surface area contributed by atoms with E-state index in [-0.39, 0.29) is 12.2 Å². The minimum atomic E-state index is -0.0813. The molecule has 0 unspecified atom stereocenters. The van der Waals surface area contributed by atoms with Crippen LogP contribution in [0.1, 0.15) is 23.0 Å². The number of halogens is 1. The number of ether oxygens (including phenoxy) is 1. The first-order chi connectivity index (χ1) is 9.20. The first-order valence-corrected chi connectivity index (χ1v) is 6.57. The summed E-state index contributed by atoms with van der Waals surface area (Å²) >= 11 is 3.25. The Morgan fingerprint density at radius 1 is 1.37 bits per heavy atom. The summed E-state index contributed by atoms with van der Waals surface area (Å²) < 4.78 is 6.00. The van der Waals surface area contributed by atoms with Crippen molar-refractivity contribution in [1.29, 1.82) is 0 Å². The second-order valence-corrected chi connectivity index (χ2v) is 4.53. The van der Waals surface area contributed by atoms with Gasteiger partial charge in [0.05, 0.1) is 24.3 Å². The van der Waals surface area contributed by atoms with Crippen molar-refractivity contribution < 1.29 is 9.53 Å². The van der Waals surface area contributed by atoms with Crippen LogP contribution in [0.5, 0.6) is 5.88 Å². The average molecular weight is 322 g/mol. The zero-order valence-corrected chi connectivity index (χ0v) is 11.9. The molecule has 5 nitrogen and oxygen atoms in total. The van der Waals surface area contributed by atoms with Gasteiger partial charge in [0.2, 0.25) is 5.88 Å². The third kappa shape index (κ3) is 3.57. The van der Waals surface area contributed by atoms with Crippen molar-refractivity contribution in [3.05, 3.63) is 46.6 Å². The van der Waals surface area contributed by atoms with Crippen molar-refractivity contribution >= 4 is 21.7 Å². The minimum absolute atomic E-state index is 0.0813. The molecule has 0 amide bonds. The number of pyridine rings is 1. The molecule has 0 bridgehead atoms. The average Bonchev–Trinajstić information content (AvgIpc) is 2.39. The number of aromatic nitrogens is 3. The highest BCUT2D eigenvalue weighted by atomic mass is 79.9. The number of carbonyl (C=O) groups is 1. The summed E-state index contributed by atoms with van der Waals surface area (Å²) in [6.45, 7) is 2.32. The monoisotopic (exact) mass is 321 g/mol. The van der Waals surface area contributed by atoms with Crippen LogP contribution < -0.4 is 4.74 Å². The van der Waals surface area contributed by atoms with Crippen LogP contribution in [0, 0.1) is 0 Å². The van der Waals surface area contributed by atoms with Crippen LogP contribution in [0.3, 0.4) is 0 Å². The topological polar surface area (TPSA) is 65.0 Å². The Morgan fingerprint density at radius 3 is 2.95 bits per heavy atom. The molecule has 0 radical (unpaired) electrons. The fourth-order valence-corrected chi connectivity index (χ4v) is 1.94. The predicted molar refractivity (Wildman–Crippen MR) is 73.2 cm³/mol. The Kier molecular flexibility index (Phi) is 4.57. The number of hydrogen-bond donors (Lipinski definition) is 0. The van der Waals surface area contributed by atoms with E-state index in [1.807, 2.05) is 6.92 Å². The van der Waals surface area contributed by atoms with Crippen LogP contribution in [0.2, 0.25) is 0 Å². The fourth-order valence-electron chi connectivity index (χ4n) is 1.58.